The summed E-state index contributed by atoms with van der Waals surface area (Å²) in [6.07, 6.45) is 0. The third kappa shape index (κ3) is 4.55. The van der Waals surface area contributed by atoms with E-state index in [1.165, 1.54) is 0 Å². The number of aliphatic carboxylic acids is 1. The van der Waals surface area contributed by atoms with Gasteiger partial charge in [0.05, 0.1) is 5.92 Å². The first-order chi connectivity index (χ1) is 4.33. The Hall–Kier alpha value is -0.313. The zero-order valence-corrected chi connectivity index (χ0v) is 8.14. The van der Waals surface area contributed by atoms with E-state index in [-0.39, 0.29) is 5.92 Å². The van der Waals surface area contributed by atoms with E-state index >= 15 is 0 Å². The minimum atomic E-state index is -1.16. The van der Waals surface area contributed by atoms with Crippen LogP contribution in [0.2, 0.25) is 25.7 Å². The molecule has 60 valence electrons. The van der Waals surface area contributed by atoms with E-state index in [9.17, 15) is 4.79 Å². The predicted molar refractivity (Wildman–Crippen MR) is 45.0 cm³/mol. The Labute approximate surface area is 63.3 Å². The highest BCUT2D eigenvalue weighted by molar-refractivity contribution is 6.76. The summed E-state index contributed by atoms with van der Waals surface area (Å²) in [4.78, 5) is 10.4. The molecule has 1 N–H and O–H groups in total. The fraction of sp³-hybridized carbons (Fsp3) is 0.857. The molecule has 1 atom stereocenters. The molecule has 10 heavy (non-hydrogen) atoms. The van der Waals surface area contributed by atoms with Crippen LogP contribution in [-0.4, -0.2) is 19.1 Å². The number of carboxylic acid groups (broad SMARTS) is 1. The molecule has 0 saturated carbocycles. The Morgan fingerprint density at radius 1 is 1.50 bits per heavy atom. The van der Waals surface area contributed by atoms with Crippen molar-refractivity contribution >= 4 is 14.0 Å². The number of carboxylic acids is 1. The predicted octanol–water partition coefficient (Wildman–Crippen LogP) is 2.05. The molecule has 3 heteroatoms. The van der Waals surface area contributed by atoms with E-state index in [1.54, 1.807) is 6.92 Å². The van der Waals surface area contributed by atoms with Gasteiger partial charge < -0.3 is 5.11 Å². The summed E-state index contributed by atoms with van der Waals surface area (Å²) in [5.74, 6) is -0.825. The Balaban J connectivity index is 3.80. The van der Waals surface area contributed by atoms with Gasteiger partial charge in [-0.2, -0.15) is 0 Å². The van der Waals surface area contributed by atoms with Crippen LogP contribution in [-0.2, 0) is 4.79 Å². The Morgan fingerprint density at radius 2 is 1.90 bits per heavy atom. The molecule has 0 aromatic heterocycles. The molecule has 0 spiro atoms. The van der Waals surface area contributed by atoms with Crippen LogP contribution < -0.4 is 0 Å². The van der Waals surface area contributed by atoms with Crippen LogP contribution in [0.1, 0.15) is 6.92 Å². The highest BCUT2D eigenvalue weighted by Gasteiger charge is 2.21. The molecule has 0 saturated heterocycles. The Morgan fingerprint density at radius 3 is 2.00 bits per heavy atom. The largest absolute Gasteiger partial charge is 0.481 e. The number of hydrogen-bond acceptors (Lipinski definition) is 1. The third-order valence-electron chi connectivity index (χ3n) is 1.34. The highest BCUT2D eigenvalue weighted by atomic mass is 28.3. The van der Waals surface area contributed by atoms with E-state index in [4.69, 9.17) is 5.11 Å². The van der Waals surface area contributed by atoms with Crippen molar-refractivity contribution in [3.05, 3.63) is 0 Å². The van der Waals surface area contributed by atoms with Crippen LogP contribution in [0.3, 0.4) is 0 Å². The second kappa shape index (κ2) is 3.19. The standard InChI is InChI=1S/C7H16O2Si/c1-6(7(8)9)5-10(2,3)4/h6H,5H2,1-4H3,(H,8,9). The van der Waals surface area contributed by atoms with Gasteiger partial charge in [-0.05, 0) is 6.04 Å². The lowest BCUT2D eigenvalue weighted by molar-refractivity contribution is -0.140. The first-order valence-electron chi connectivity index (χ1n) is 3.56. The average molecular weight is 160 g/mol. The van der Waals surface area contributed by atoms with Crippen LogP contribution in [0.4, 0.5) is 0 Å². The molecule has 0 radical (unpaired) electrons. The number of carbonyl (C=O) groups is 1. The molecule has 0 fully saturated rings. The second-order valence-electron chi connectivity index (χ2n) is 4.00. The van der Waals surface area contributed by atoms with Gasteiger partial charge in [-0.15, -0.1) is 0 Å². The van der Waals surface area contributed by atoms with Crippen molar-refractivity contribution < 1.29 is 9.90 Å². The molecular formula is C7H16O2Si. The fourth-order valence-electron chi connectivity index (χ4n) is 1.01. The summed E-state index contributed by atoms with van der Waals surface area (Å²) in [6.45, 7) is 8.34. The van der Waals surface area contributed by atoms with Gasteiger partial charge in [0, 0.05) is 8.07 Å². The summed E-state index contributed by atoms with van der Waals surface area (Å²) in [5.41, 5.74) is 0. The second-order valence-corrected chi connectivity index (χ2v) is 9.53. The van der Waals surface area contributed by atoms with E-state index in [0.29, 0.717) is 0 Å². The van der Waals surface area contributed by atoms with Crippen molar-refractivity contribution in [1.82, 2.24) is 0 Å². The molecule has 0 amide bonds. The van der Waals surface area contributed by atoms with Gasteiger partial charge in [0.1, 0.15) is 0 Å². The van der Waals surface area contributed by atoms with Crippen molar-refractivity contribution in [1.29, 1.82) is 0 Å². The molecule has 0 aromatic carbocycles. The van der Waals surface area contributed by atoms with Crippen molar-refractivity contribution in [3.8, 4) is 0 Å². The van der Waals surface area contributed by atoms with E-state index < -0.39 is 14.0 Å². The maximum atomic E-state index is 10.4. The lowest BCUT2D eigenvalue weighted by atomic mass is 10.2. The molecule has 0 aliphatic heterocycles. The van der Waals surface area contributed by atoms with Crippen LogP contribution in [0.25, 0.3) is 0 Å². The van der Waals surface area contributed by atoms with Gasteiger partial charge in [-0.3, -0.25) is 4.79 Å². The Bertz CT molecular complexity index is 126. The van der Waals surface area contributed by atoms with E-state index in [1.807, 2.05) is 0 Å². The zero-order valence-electron chi connectivity index (χ0n) is 7.14. The third-order valence-corrected chi connectivity index (χ3v) is 3.18. The van der Waals surface area contributed by atoms with Crippen molar-refractivity contribution in [2.24, 2.45) is 5.92 Å². The van der Waals surface area contributed by atoms with Crippen molar-refractivity contribution in [2.75, 3.05) is 0 Å². The maximum absolute atomic E-state index is 10.4. The minimum absolute atomic E-state index is 0.160. The summed E-state index contributed by atoms with van der Waals surface area (Å²) < 4.78 is 0. The Kier molecular flexibility index (Phi) is 3.09. The SMILES string of the molecule is CC(C[Si](C)(C)C)C(=O)O. The zero-order chi connectivity index (χ0) is 8.36. The van der Waals surface area contributed by atoms with Gasteiger partial charge >= 0.3 is 5.97 Å². The quantitative estimate of drug-likeness (QED) is 0.641. The molecule has 0 bridgehead atoms. The normalized spacial score (nSPS) is 14.8. The molecule has 0 aromatic rings. The van der Waals surface area contributed by atoms with Gasteiger partial charge in [-0.25, -0.2) is 0 Å². The molecule has 1 unspecified atom stereocenters. The summed E-state index contributed by atoms with van der Waals surface area (Å²) in [7, 11) is -1.16. The molecule has 0 rings (SSSR count). The van der Waals surface area contributed by atoms with Crippen molar-refractivity contribution in [2.45, 2.75) is 32.6 Å². The molecular weight excluding hydrogens is 144 g/mol. The topological polar surface area (TPSA) is 37.3 Å². The highest BCUT2D eigenvalue weighted by Crippen LogP contribution is 2.15. The summed E-state index contributed by atoms with van der Waals surface area (Å²) >= 11 is 0. The van der Waals surface area contributed by atoms with Crippen LogP contribution in [0.5, 0.6) is 0 Å². The molecule has 0 heterocycles. The van der Waals surface area contributed by atoms with E-state index in [2.05, 4.69) is 19.6 Å². The first kappa shape index (κ1) is 9.69. The monoisotopic (exact) mass is 160 g/mol. The number of rotatable bonds is 3. The summed E-state index contributed by atoms with van der Waals surface area (Å²) in [5, 5.41) is 8.57. The van der Waals surface area contributed by atoms with Crippen LogP contribution in [0.15, 0.2) is 0 Å². The smallest absolute Gasteiger partial charge is 0.305 e. The van der Waals surface area contributed by atoms with Gasteiger partial charge in [-0.1, -0.05) is 26.6 Å². The molecule has 0 aliphatic carbocycles. The van der Waals surface area contributed by atoms with Gasteiger partial charge in [0.15, 0.2) is 0 Å². The minimum Gasteiger partial charge on any atom is -0.481 e. The maximum Gasteiger partial charge on any atom is 0.305 e. The lowest BCUT2D eigenvalue weighted by Gasteiger charge is -2.17. The van der Waals surface area contributed by atoms with Gasteiger partial charge in [0.2, 0.25) is 0 Å². The first-order valence-corrected chi connectivity index (χ1v) is 7.26. The lowest BCUT2D eigenvalue weighted by Crippen LogP contribution is -2.26. The fourth-order valence-corrected chi connectivity index (χ4v) is 3.02. The molecule has 0 aliphatic rings. The van der Waals surface area contributed by atoms with Crippen molar-refractivity contribution in [3.63, 3.8) is 0 Å². The van der Waals surface area contributed by atoms with Gasteiger partial charge in [0.25, 0.3) is 0 Å². The summed E-state index contributed by atoms with van der Waals surface area (Å²) in [6, 6.07) is 0.877. The van der Waals surface area contributed by atoms with Crippen LogP contribution in [0, 0.1) is 5.92 Å². The van der Waals surface area contributed by atoms with E-state index in [0.717, 1.165) is 6.04 Å². The van der Waals surface area contributed by atoms with Crippen LogP contribution >= 0.6 is 0 Å². The number of hydrogen-bond donors (Lipinski definition) is 1. The molecule has 2 nitrogen and oxygen atoms in total. The average Bonchev–Trinajstić information content (AvgIpc) is 1.60.